The summed E-state index contributed by atoms with van der Waals surface area (Å²) in [7, 11) is 0. The highest BCUT2D eigenvalue weighted by Gasteiger charge is 2.38. The molecule has 0 radical (unpaired) electrons. The van der Waals surface area contributed by atoms with E-state index in [1.807, 2.05) is 13.8 Å². The van der Waals surface area contributed by atoms with Crippen LogP contribution >= 0.6 is 0 Å². The van der Waals surface area contributed by atoms with Crippen LogP contribution in [0, 0.1) is 11.2 Å². The molecule has 2 aliphatic rings. The number of hydrogen-bond acceptors (Lipinski definition) is 6. The number of benzene rings is 2. The molecule has 39 heavy (non-hydrogen) atoms. The summed E-state index contributed by atoms with van der Waals surface area (Å²) < 4.78 is 26.4. The van der Waals surface area contributed by atoms with Gasteiger partial charge in [-0.2, -0.15) is 0 Å². The molecular weight excluding hydrogens is 505 g/mol. The second-order valence-corrected chi connectivity index (χ2v) is 10.4. The van der Waals surface area contributed by atoms with E-state index in [0.717, 1.165) is 5.56 Å². The van der Waals surface area contributed by atoms with E-state index in [9.17, 15) is 14.4 Å². The Kier molecular flexibility index (Phi) is 7.94. The van der Waals surface area contributed by atoms with E-state index in [-0.39, 0.29) is 73.7 Å². The number of Topliss-reactive ketones (excluding diaryl/α,β-unsaturated/α-hetero) is 1. The number of amides is 1. The quantitative estimate of drug-likeness (QED) is 0.403. The van der Waals surface area contributed by atoms with Gasteiger partial charge in [-0.25, -0.2) is 4.39 Å². The maximum Gasteiger partial charge on any atom is 0.303 e. The molecule has 9 nitrogen and oxygen atoms in total. The number of halogens is 1. The molecule has 0 fully saturated rings. The first-order valence-electron chi connectivity index (χ1n) is 13.1. The molecule has 0 aromatic heterocycles. The van der Waals surface area contributed by atoms with Crippen molar-refractivity contribution in [1.29, 1.82) is 5.41 Å². The number of carbonyl (C=O) groups excluding carboxylic acids is 2. The van der Waals surface area contributed by atoms with E-state index < -0.39 is 17.2 Å². The number of amidine groups is 1. The molecule has 0 atom stereocenters. The van der Waals surface area contributed by atoms with Crippen LogP contribution in [-0.2, 0) is 21.5 Å². The van der Waals surface area contributed by atoms with Gasteiger partial charge in [0.15, 0.2) is 23.1 Å². The number of carbonyl (C=O) groups is 3. The molecule has 0 unspecified atom stereocenters. The molecule has 0 saturated heterocycles. The fourth-order valence-corrected chi connectivity index (χ4v) is 5.25. The fourth-order valence-electron chi connectivity index (χ4n) is 5.25. The summed E-state index contributed by atoms with van der Waals surface area (Å²) in [6.07, 6.45) is 0.522. The van der Waals surface area contributed by atoms with Crippen LogP contribution in [0.15, 0.2) is 24.3 Å². The van der Waals surface area contributed by atoms with Crippen LogP contribution < -0.4 is 14.4 Å². The third-order valence-electron chi connectivity index (χ3n) is 7.11. The number of anilines is 1. The summed E-state index contributed by atoms with van der Waals surface area (Å²) in [5.41, 5.74) is 2.08. The maximum atomic E-state index is 15.4. The average Bonchev–Trinajstić information content (AvgIpc) is 3.17. The summed E-state index contributed by atoms with van der Waals surface area (Å²) in [5, 5.41) is 17.6. The predicted molar refractivity (Wildman–Crippen MR) is 144 cm³/mol. The van der Waals surface area contributed by atoms with Gasteiger partial charge in [-0.1, -0.05) is 13.8 Å². The Labute approximate surface area is 227 Å². The maximum absolute atomic E-state index is 15.4. The summed E-state index contributed by atoms with van der Waals surface area (Å²) in [6, 6.07) is 6.83. The molecule has 4 rings (SSSR count). The van der Waals surface area contributed by atoms with Crippen LogP contribution in [0.4, 0.5) is 10.1 Å². The van der Waals surface area contributed by atoms with E-state index in [2.05, 4.69) is 0 Å². The van der Waals surface area contributed by atoms with E-state index in [1.54, 1.807) is 43.0 Å². The van der Waals surface area contributed by atoms with Crippen molar-refractivity contribution in [2.75, 3.05) is 31.2 Å². The number of ketones is 1. The molecule has 208 valence electrons. The van der Waals surface area contributed by atoms with Crippen LogP contribution in [0.25, 0.3) is 0 Å². The van der Waals surface area contributed by atoms with E-state index in [4.69, 9.17) is 20.0 Å². The van der Waals surface area contributed by atoms with Gasteiger partial charge < -0.3 is 24.4 Å². The highest BCUT2D eigenvalue weighted by molar-refractivity contribution is 6.06. The van der Waals surface area contributed by atoms with Gasteiger partial charge >= 0.3 is 5.97 Å². The molecule has 2 aromatic rings. The highest BCUT2D eigenvalue weighted by atomic mass is 19.1. The molecule has 2 N–H and O–H groups in total. The number of fused-ring (bicyclic) bond motifs is 2. The first-order valence-corrected chi connectivity index (χ1v) is 13.1. The lowest BCUT2D eigenvalue weighted by atomic mass is 9.76. The topological polar surface area (TPSA) is 120 Å². The van der Waals surface area contributed by atoms with Crippen LogP contribution in [0.1, 0.15) is 74.0 Å². The van der Waals surface area contributed by atoms with E-state index >= 15 is 4.39 Å². The van der Waals surface area contributed by atoms with Gasteiger partial charge in [-0.05, 0) is 55.7 Å². The third kappa shape index (κ3) is 5.46. The monoisotopic (exact) mass is 539 g/mol. The zero-order valence-corrected chi connectivity index (χ0v) is 22.7. The lowest BCUT2D eigenvalue weighted by molar-refractivity contribution is -0.137. The third-order valence-corrected chi connectivity index (χ3v) is 7.11. The Morgan fingerprint density at radius 1 is 1.15 bits per heavy atom. The lowest BCUT2D eigenvalue weighted by Crippen LogP contribution is -2.42. The van der Waals surface area contributed by atoms with Crippen LogP contribution in [0.2, 0.25) is 0 Å². The van der Waals surface area contributed by atoms with Crippen molar-refractivity contribution in [3.63, 3.8) is 0 Å². The minimum Gasteiger partial charge on any atom is -0.490 e. The normalized spacial score (nSPS) is 15.7. The van der Waals surface area contributed by atoms with Crippen molar-refractivity contribution in [2.45, 2.75) is 58.9 Å². The Bertz CT molecular complexity index is 1340. The number of nitrogens with zero attached hydrogens (tertiary/aromatic N) is 2. The minimum absolute atomic E-state index is 0.0320. The molecule has 2 aliphatic heterocycles. The van der Waals surface area contributed by atoms with Crippen molar-refractivity contribution in [2.24, 2.45) is 0 Å². The summed E-state index contributed by atoms with van der Waals surface area (Å²) in [6.45, 7) is 8.32. The average molecular weight is 540 g/mol. The van der Waals surface area contributed by atoms with Crippen molar-refractivity contribution >= 4 is 29.2 Å². The largest absolute Gasteiger partial charge is 0.490 e. The highest BCUT2D eigenvalue weighted by Crippen LogP contribution is 2.42. The number of rotatable bonds is 11. The zero-order valence-electron chi connectivity index (χ0n) is 22.7. The first kappa shape index (κ1) is 28.1. The molecule has 0 saturated carbocycles. The number of aliphatic carboxylic acids is 1. The first-order chi connectivity index (χ1) is 18.5. The summed E-state index contributed by atoms with van der Waals surface area (Å²) >= 11 is 0. The molecule has 0 spiro atoms. The number of hydrogen-bond donors (Lipinski definition) is 2. The lowest BCUT2D eigenvalue weighted by Gasteiger charge is -2.39. The van der Waals surface area contributed by atoms with Crippen LogP contribution in [0.5, 0.6) is 11.5 Å². The molecule has 0 bridgehead atoms. The Morgan fingerprint density at radius 2 is 1.87 bits per heavy atom. The Hall–Kier alpha value is -3.95. The van der Waals surface area contributed by atoms with Gasteiger partial charge in [0, 0.05) is 42.6 Å². The molecular formula is C29H34FN3O6. The second kappa shape index (κ2) is 11.0. The standard InChI is InChI=1S/C29H34FN3O6/c1-5-38-22-13-18-15-32(28(31)25(18)26(30)27(22)39-6-2)16-21(34)17-9-10-20-19(12-17)29(3,4)14-23(35)33(20)11-7-8-24(36)37/h9-10,12-13,31H,5-8,11,14-16H2,1-4H3,(H,36,37). The van der Waals surface area contributed by atoms with Gasteiger partial charge in [0.2, 0.25) is 5.91 Å². The van der Waals surface area contributed by atoms with Gasteiger partial charge in [-0.3, -0.25) is 19.8 Å². The number of nitrogens with one attached hydrogen (secondary N) is 1. The van der Waals surface area contributed by atoms with E-state index in [1.165, 1.54) is 4.90 Å². The smallest absolute Gasteiger partial charge is 0.303 e. The van der Waals surface area contributed by atoms with Crippen LogP contribution in [-0.4, -0.2) is 59.8 Å². The summed E-state index contributed by atoms with van der Waals surface area (Å²) in [4.78, 5) is 40.3. The van der Waals surface area contributed by atoms with Crippen molar-refractivity contribution in [1.82, 2.24) is 4.90 Å². The molecule has 2 heterocycles. The molecule has 10 heteroatoms. The second-order valence-electron chi connectivity index (χ2n) is 10.4. The van der Waals surface area contributed by atoms with Gasteiger partial charge in [0.25, 0.3) is 0 Å². The van der Waals surface area contributed by atoms with Gasteiger partial charge in [0.1, 0.15) is 5.84 Å². The fraction of sp³-hybridized carbons (Fsp3) is 0.448. The molecule has 0 aliphatic carbocycles. The molecule has 2 aromatic carbocycles. The SMILES string of the molecule is CCOc1cc2c(c(F)c1OCC)C(=N)N(CC(=O)c1ccc3c(c1)C(C)(C)CC(=O)N3CCCC(=O)O)C2. The van der Waals surface area contributed by atoms with Crippen LogP contribution in [0.3, 0.4) is 0 Å². The molecule has 1 amide bonds. The Balaban J connectivity index is 1.57. The van der Waals surface area contributed by atoms with Crippen molar-refractivity contribution in [3.8, 4) is 11.5 Å². The van der Waals surface area contributed by atoms with Gasteiger partial charge in [-0.15, -0.1) is 0 Å². The van der Waals surface area contributed by atoms with Crippen molar-refractivity contribution in [3.05, 3.63) is 52.3 Å². The zero-order chi connectivity index (χ0) is 28.5. The predicted octanol–water partition coefficient (Wildman–Crippen LogP) is 4.53. The minimum atomic E-state index is -0.918. The van der Waals surface area contributed by atoms with Crippen molar-refractivity contribution < 1.29 is 33.4 Å². The number of ether oxygens (including phenoxy) is 2. The Morgan fingerprint density at radius 3 is 2.54 bits per heavy atom. The van der Waals surface area contributed by atoms with Gasteiger partial charge in [0.05, 0.1) is 25.3 Å². The van der Waals surface area contributed by atoms with E-state index in [0.29, 0.717) is 29.8 Å². The summed E-state index contributed by atoms with van der Waals surface area (Å²) in [5.74, 6) is -1.75. The number of carboxylic acid groups (broad SMARTS) is 1. The number of carboxylic acids is 1.